The average molecular weight is 350 g/mol. The lowest BCUT2D eigenvalue weighted by Crippen LogP contribution is -2.03. The maximum atomic E-state index is 12.4. The van der Waals surface area contributed by atoms with Crippen LogP contribution in [-0.2, 0) is 14.3 Å². The molecule has 1 aliphatic rings. The van der Waals surface area contributed by atoms with Crippen molar-refractivity contribution in [3.63, 3.8) is 0 Å². The number of hydrogen-bond donors (Lipinski definition) is 2. The summed E-state index contributed by atoms with van der Waals surface area (Å²) in [6.45, 7) is 0. The van der Waals surface area contributed by atoms with Crippen LogP contribution < -0.4 is 10.1 Å². The molecule has 1 amide bonds. The monoisotopic (exact) mass is 350 g/mol. The van der Waals surface area contributed by atoms with Crippen LogP contribution in [0.1, 0.15) is 29.7 Å². The summed E-state index contributed by atoms with van der Waals surface area (Å²) >= 11 is 0. The summed E-state index contributed by atoms with van der Waals surface area (Å²) in [5, 5.41) is 2.85. The number of carbonyl (C=O) groups is 2. The van der Waals surface area contributed by atoms with Gasteiger partial charge in [0, 0.05) is 23.7 Å². The zero-order chi connectivity index (χ0) is 18.5. The van der Waals surface area contributed by atoms with Crippen LogP contribution in [-0.4, -0.2) is 31.1 Å². The van der Waals surface area contributed by atoms with Crippen LogP contribution in [0.4, 0.5) is 5.69 Å². The standard InChI is InChI=1S/C20H18N2O4/c1-25-17-10-11-21-16(17)12-14-19-13(6-3-4-9-18(23)26-2)7-5-8-15(19)22-20(14)24/h5,7-8,10-12,21H,4,9H2,1-2H3,(H,22,24). The maximum Gasteiger partial charge on any atom is 0.306 e. The van der Waals surface area contributed by atoms with Crippen LogP contribution >= 0.6 is 0 Å². The molecule has 1 aromatic heterocycles. The first-order valence-electron chi connectivity index (χ1n) is 8.07. The topological polar surface area (TPSA) is 80.4 Å². The molecule has 132 valence electrons. The third-order valence-corrected chi connectivity index (χ3v) is 3.98. The molecule has 0 aliphatic carbocycles. The molecule has 0 spiro atoms. The molecule has 1 aromatic carbocycles. The number of aromatic nitrogens is 1. The molecule has 0 atom stereocenters. The number of fused-ring (bicyclic) bond motifs is 1. The van der Waals surface area contributed by atoms with Crippen molar-refractivity contribution in [1.82, 2.24) is 4.98 Å². The van der Waals surface area contributed by atoms with Crippen LogP contribution in [0.25, 0.3) is 11.6 Å². The predicted octanol–water partition coefficient (Wildman–Crippen LogP) is 2.82. The highest BCUT2D eigenvalue weighted by Crippen LogP contribution is 2.36. The minimum absolute atomic E-state index is 0.194. The molecular weight excluding hydrogens is 332 g/mol. The molecular formula is C20H18N2O4. The second-order valence-electron chi connectivity index (χ2n) is 5.58. The molecule has 2 aromatic rings. The number of aromatic amines is 1. The number of H-pyrrole nitrogens is 1. The van der Waals surface area contributed by atoms with E-state index in [9.17, 15) is 9.59 Å². The predicted molar refractivity (Wildman–Crippen MR) is 98.4 cm³/mol. The fourth-order valence-electron chi connectivity index (χ4n) is 2.72. The number of nitrogens with one attached hydrogen (secondary N) is 2. The van der Waals surface area contributed by atoms with Crippen LogP contribution in [0.2, 0.25) is 0 Å². The van der Waals surface area contributed by atoms with Gasteiger partial charge in [-0.15, -0.1) is 0 Å². The molecule has 1 aliphatic heterocycles. The van der Waals surface area contributed by atoms with E-state index in [1.807, 2.05) is 18.2 Å². The van der Waals surface area contributed by atoms with Gasteiger partial charge in [0.25, 0.3) is 5.91 Å². The van der Waals surface area contributed by atoms with E-state index in [1.165, 1.54) is 7.11 Å². The minimum atomic E-state index is -0.297. The maximum absolute atomic E-state index is 12.4. The third-order valence-electron chi connectivity index (χ3n) is 3.98. The fourth-order valence-corrected chi connectivity index (χ4v) is 2.72. The number of amides is 1. The van der Waals surface area contributed by atoms with Gasteiger partial charge in [0.1, 0.15) is 5.75 Å². The first-order chi connectivity index (χ1) is 12.6. The average Bonchev–Trinajstić information content (AvgIpc) is 3.23. The first kappa shape index (κ1) is 17.4. The number of carbonyl (C=O) groups excluding carboxylic acids is 2. The van der Waals surface area contributed by atoms with Gasteiger partial charge >= 0.3 is 5.97 Å². The largest absolute Gasteiger partial charge is 0.495 e. The minimum Gasteiger partial charge on any atom is -0.495 e. The Morgan fingerprint density at radius 3 is 2.88 bits per heavy atom. The number of esters is 1. The van der Waals surface area contributed by atoms with Crippen LogP contribution in [0.15, 0.2) is 30.5 Å². The second-order valence-corrected chi connectivity index (χ2v) is 5.58. The van der Waals surface area contributed by atoms with E-state index in [0.29, 0.717) is 29.1 Å². The van der Waals surface area contributed by atoms with Crippen molar-refractivity contribution in [2.24, 2.45) is 0 Å². The lowest BCUT2D eigenvalue weighted by atomic mass is 9.99. The van der Waals surface area contributed by atoms with E-state index in [2.05, 4.69) is 26.9 Å². The van der Waals surface area contributed by atoms with Gasteiger partial charge in [0.05, 0.1) is 37.6 Å². The van der Waals surface area contributed by atoms with Crippen LogP contribution in [0, 0.1) is 11.8 Å². The van der Waals surface area contributed by atoms with E-state index in [-0.39, 0.29) is 18.3 Å². The summed E-state index contributed by atoms with van der Waals surface area (Å²) in [5.74, 6) is 6.18. The summed E-state index contributed by atoms with van der Waals surface area (Å²) in [5.41, 5.74) is 3.41. The molecule has 0 saturated carbocycles. The summed E-state index contributed by atoms with van der Waals surface area (Å²) in [7, 11) is 2.93. The Balaban J connectivity index is 1.95. The molecule has 0 radical (unpaired) electrons. The molecule has 0 fully saturated rings. The zero-order valence-electron chi connectivity index (χ0n) is 14.5. The quantitative estimate of drug-likeness (QED) is 0.505. The normalized spacial score (nSPS) is 13.6. The molecule has 3 rings (SSSR count). The molecule has 2 N–H and O–H groups in total. The van der Waals surface area contributed by atoms with E-state index in [4.69, 9.17) is 4.74 Å². The van der Waals surface area contributed by atoms with Crippen LogP contribution in [0.5, 0.6) is 5.75 Å². The Morgan fingerprint density at radius 1 is 1.27 bits per heavy atom. The van der Waals surface area contributed by atoms with Gasteiger partial charge in [0.2, 0.25) is 0 Å². The smallest absolute Gasteiger partial charge is 0.306 e. The summed E-state index contributed by atoms with van der Waals surface area (Å²) < 4.78 is 9.88. The van der Waals surface area contributed by atoms with Gasteiger partial charge in [-0.25, -0.2) is 0 Å². The highest BCUT2D eigenvalue weighted by molar-refractivity contribution is 6.35. The highest BCUT2D eigenvalue weighted by Gasteiger charge is 2.26. The Bertz CT molecular complexity index is 944. The lowest BCUT2D eigenvalue weighted by Gasteiger charge is -2.03. The summed E-state index contributed by atoms with van der Waals surface area (Å²) in [4.78, 5) is 26.7. The van der Waals surface area contributed by atoms with Gasteiger partial charge in [-0.1, -0.05) is 17.9 Å². The molecule has 26 heavy (non-hydrogen) atoms. The van der Waals surface area contributed by atoms with E-state index in [1.54, 1.807) is 25.4 Å². The number of ether oxygens (including phenoxy) is 2. The number of benzene rings is 1. The molecule has 0 unspecified atom stereocenters. The number of rotatable bonds is 4. The van der Waals surface area contributed by atoms with E-state index < -0.39 is 0 Å². The Kier molecular flexibility index (Phi) is 5.09. The Labute approximate surface area is 151 Å². The lowest BCUT2D eigenvalue weighted by molar-refractivity contribution is -0.140. The van der Waals surface area contributed by atoms with Gasteiger partial charge in [-0.3, -0.25) is 9.59 Å². The highest BCUT2D eigenvalue weighted by atomic mass is 16.5. The molecule has 0 saturated heterocycles. The van der Waals surface area contributed by atoms with E-state index >= 15 is 0 Å². The van der Waals surface area contributed by atoms with Crippen LogP contribution in [0.3, 0.4) is 0 Å². The summed E-state index contributed by atoms with van der Waals surface area (Å²) in [6, 6.07) is 7.31. The zero-order valence-corrected chi connectivity index (χ0v) is 14.5. The van der Waals surface area contributed by atoms with Crippen molar-refractivity contribution in [3.05, 3.63) is 47.3 Å². The number of hydrogen-bond acceptors (Lipinski definition) is 4. The van der Waals surface area contributed by atoms with Crippen molar-refractivity contribution in [2.75, 3.05) is 19.5 Å². The number of anilines is 1. The third kappa shape index (κ3) is 3.47. The van der Waals surface area contributed by atoms with Crippen molar-refractivity contribution >= 4 is 29.2 Å². The Morgan fingerprint density at radius 2 is 2.12 bits per heavy atom. The van der Waals surface area contributed by atoms with Crippen molar-refractivity contribution in [3.8, 4) is 17.6 Å². The van der Waals surface area contributed by atoms with Crippen molar-refractivity contribution < 1.29 is 19.1 Å². The summed E-state index contributed by atoms with van der Waals surface area (Å²) in [6.07, 6.45) is 4.12. The fraction of sp³-hybridized carbons (Fsp3) is 0.200. The molecule has 2 heterocycles. The molecule has 6 nitrogen and oxygen atoms in total. The van der Waals surface area contributed by atoms with Gasteiger partial charge in [-0.05, 0) is 24.3 Å². The molecule has 0 bridgehead atoms. The Hall–Kier alpha value is -3.46. The van der Waals surface area contributed by atoms with Gasteiger partial charge in [-0.2, -0.15) is 0 Å². The van der Waals surface area contributed by atoms with Crippen molar-refractivity contribution in [1.29, 1.82) is 0 Å². The number of methoxy groups -OCH3 is 2. The van der Waals surface area contributed by atoms with Gasteiger partial charge in [0.15, 0.2) is 0 Å². The van der Waals surface area contributed by atoms with Crippen molar-refractivity contribution in [2.45, 2.75) is 12.8 Å². The molecule has 6 heteroatoms. The van der Waals surface area contributed by atoms with Gasteiger partial charge < -0.3 is 19.8 Å². The first-order valence-corrected chi connectivity index (χ1v) is 8.07. The SMILES string of the molecule is COC(=O)CCC#Cc1cccc2c1C(=Cc1[nH]ccc1OC)C(=O)N2. The second kappa shape index (κ2) is 7.62. The van der Waals surface area contributed by atoms with E-state index in [0.717, 1.165) is 11.1 Å².